The van der Waals surface area contributed by atoms with Gasteiger partial charge in [-0.2, -0.15) is 0 Å². The second-order valence-electron chi connectivity index (χ2n) is 4.09. The molecule has 0 heterocycles. The van der Waals surface area contributed by atoms with Gasteiger partial charge in [0.1, 0.15) is 0 Å². The van der Waals surface area contributed by atoms with Crippen molar-refractivity contribution in [2.75, 3.05) is 0 Å². The summed E-state index contributed by atoms with van der Waals surface area (Å²) in [6.45, 7) is 6.64. The van der Waals surface area contributed by atoms with Crippen LogP contribution >= 0.6 is 0 Å². The summed E-state index contributed by atoms with van der Waals surface area (Å²) in [6, 6.07) is 0. The topological polar surface area (TPSA) is 83.8 Å². The van der Waals surface area contributed by atoms with E-state index in [1.54, 1.807) is 27.7 Å². The van der Waals surface area contributed by atoms with Crippen molar-refractivity contribution in [2.45, 2.75) is 45.8 Å². The van der Waals surface area contributed by atoms with Gasteiger partial charge in [-0.15, -0.1) is 0 Å². The van der Waals surface area contributed by atoms with Gasteiger partial charge in [-0.05, 0) is 19.8 Å². The molecule has 0 fully saturated rings. The molecule has 1 unspecified atom stereocenters. The van der Waals surface area contributed by atoms with E-state index in [9.17, 15) is 9.59 Å². The number of aliphatic carboxylic acids is 2. The fourth-order valence-corrected chi connectivity index (χ4v) is 1.40. The van der Waals surface area contributed by atoms with Crippen LogP contribution in [0.5, 0.6) is 0 Å². The van der Waals surface area contributed by atoms with E-state index in [1.807, 2.05) is 0 Å². The van der Waals surface area contributed by atoms with Crippen molar-refractivity contribution in [2.24, 2.45) is 5.92 Å². The number of hydrogen-bond donors (Lipinski definition) is 2. The standard InChI is InChI=1S/C10H18O5/c1-6(2)10(9(13)14,5-8(11)12)15-7(3)4/h6-7H,5H2,1-4H3,(H,11,12)(H,13,14). The Balaban J connectivity index is 5.07. The highest BCUT2D eigenvalue weighted by atomic mass is 16.5. The molecular weight excluding hydrogens is 200 g/mol. The molecule has 5 heteroatoms. The zero-order valence-electron chi connectivity index (χ0n) is 9.48. The van der Waals surface area contributed by atoms with Crippen LogP contribution in [0.2, 0.25) is 0 Å². The Labute approximate surface area is 89.0 Å². The molecule has 0 aromatic heterocycles. The summed E-state index contributed by atoms with van der Waals surface area (Å²) >= 11 is 0. The van der Waals surface area contributed by atoms with Crippen LogP contribution in [0, 0.1) is 5.92 Å². The lowest BCUT2D eigenvalue weighted by Crippen LogP contribution is -2.49. The highest BCUT2D eigenvalue weighted by Gasteiger charge is 2.45. The van der Waals surface area contributed by atoms with Gasteiger partial charge >= 0.3 is 11.9 Å². The summed E-state index contributed by atoms with van der Waals surface area (Å²) in [6.07, 6.45) is -0.860. The molecule has 0 rings (SSSR count). The molecule has 0 saturated carbocycles. The lowest BCUT2D eigenvalue weighted by Gasteiger charge is -2.33. The Bertz CT molecular complexity index is 246. The van der Waals surface area contributed by atoms with E-state index in [-0.39, 0.29) is 6.10 Å². The van der Waals surface area contributed by atoms with Crippen LogP contribution in [0.15, 0.2) is 0 Å². The smallest absolute Gasteiger partial charge is 0.336 e. The number of carbonyl (C=O) groups is 2. The minimum atomic E-state index is -1.64. The van der Waals surface area contributed by atoms with Crippen LogP contribution in [0.25, 0.3) is 0 Å². The van der Waals surface area contributed by atoms with Crippen LogP contribution in [0.1, 0.15) is 34.1 Å². The van der Waals surface area contributed by atoms with Crippen LogP contribution in [0.3, 0.4) is 0 Å². The summed E-state index contributed by atoms with van der Waals surface area (Å²) in [4.78, 5) is 21.8. The predicted octanol–water partition coefficient (Wildman–Crippen LogP) is 1.37. The van der Waals surface area contributed by atoms with Gasteiger partial charge in [0.05, 0.1) is 12.5 Å². The van der Waals surface area contributed by atoms with Crippen molar-refractivity contribution in [3.8, 4) is 0 Å². The third kappa shape index (κ3) is 3.51. The average molecular weight is 218 g/mol. The molecule has 0 aromatic rings. The quantitative estimate of drug-likeness (QED) is 0.703. The lowest BCUT2D eigenvalue weighted by molar-refractivity contribution is -0.186. The second-order valence-corrected chi connectivity index (χ2v) is 4.09. The Morgan fingerprint density at radius 1 is 1.20 bits per heavy atom. The van der Waals surface area contributed by atoms with E-state index >= 15 is 0 Å². The minimum absolute atomic E-state index is 0.331. The second kappa shape index (κ2) is 5.11. The van der Waals surface area contributed by atoms with Crippen molar-refractivity contribution in [3.05, 3.63) is 0 Å². The first-order valence-electron chi connectivity index (χ1n) is 4.85. The van der Waals surface area contributed by atoms with Crippen molar-refractivity contribution in [3.63, 3.8) is 0 Å². The van der Waals surface area contributed by atoms with E-state index in [1.165, 1.54) is 0 Å². The van der Waals surface area contributed by atoms with Gasteiger partial charge in [0.25, 0.3) is 0 Å². The Hall–Kier alpha value is -1.10. The van der Waals surface area contributed by atoms with E-state index in [0.29, 0.717) is 0 Å². The molecule has 0 aromatic carbocycles. The SMILES string of the molecule is CC(C)OC(CC(=O)O)(C(=O)O)C(C)C. The maximum Gasteiger partial charge on any atom is 0.336 e. The number of ether oxygens (including phenoxy) is 1. The summed E-state index contributed by atoms with van der Waals surface area (Å²) in [5, 5.41) is 17.8. The summed E-state index contributed by atoms with van der Waals surface area (Å²) < 4.78 is 5.29. The first-order chi connectivity index (χ1) is 6.72. The van der Waals surface area contributed by atoms with Crippen molar-refractivity contribution >= 4 is 11.9 Å². The molecule has 0 aliphatic heterocycles. The Morgan fingerprint density at radius 3 is 1.87 bits per heavy atom. The number of rotatable bonds is 6. The van der Waals surface area contributed by atoms with E-state index in [2.05, 4.69) is 0 Å². The molecule has 0 saturated heterocycles. The zero-order valence-corrected chi connectivity index (χ0v) is 9.48. The molecule has 15 heavy (non-hydrogen) atoms. The molecule has 88 valence electrons. The van der Waals surface area contributed by atoms with Crippen LogP contribution in [-0.4, -0.2) is 33.9 Å². The molecule has 0 aliphatic rings. The molecule has 5 nitrogen and oxygen atoms in total. The van der Waals surface area contributed by atoms with Gasteiger partial charge in [0.15, 0.2) is 5.60 Å². The van der Waals surface area contributed by atoms with Gasteiger partial charge in [0, 0.05) is 0 Å². The summed E-state index contributed by atoms with van der Waals surface area (Å²) in [5.41, 5.74) is -1.64. The van der Waals surface area contributed by atoms with Crippen molar-refractivity contribution in [1.82, 2.24) is 0 Å². The normalized spacial score (nSPS) is 15.3. The average Bonchev–Trinajstić information content (AvgIpc) is 1.99. The fraction of sp³-hybridized carbons (Fsp3) is 0.800. The minimum Gasteiger partial charge on any atom is -0.481 e. The third-order valence-electron chi connectivity index (χ3n) is 2.15. The molecule has 1 atom stereocenters. The number of carboxylic acid groups (broad SMARTS) is 2. The van der Waals surface area contributed by atoms with Gasteiger partial charge in [-0.3, -0.25) is 4.79 Å². The molecule has 0 spiro atoms. The maximum atomic E-state index is 11.1. The molecule has 0 aliphatic carbocycles. The zero-order chi connectivity index (χ0) is 12.2. The summed E-state index contributed by atoms with van der Waals surface area (Å²) in [5.74, 6) is -2.81. The van der Waals surface area contributed by atoms with E-state index in [4.69, 9.17) is 14.9 Å². The van der Waals surface area contributed by atoms with Crippen LogP contribution < -0.4 is 0 Å². The number of carboxylic acids is 2. The van der Waals surface area contributed by atoms with Gasteiger partial charge in [-0.25, -0.2) is 4.79 Å². The Kier molecular flexibility index (Phi) is 4.74. The van der Waals surface area contributed by atoms with Crippen LogP contribution in [-0.2, 0) is 14.3 Å². The Morgan fingerprint density at radius 2 is 1.67 bits per heavy atom. The number of hydrogen-bond acceptors (Lipinski definition) is 3. The van der Waals surface area contributed by atoms with Gasteiger partial charge in [-0.1, -0.05) is 13.8 Å². The first-order valence-corrected chi connectivity index (χ1v) is 4.85. The molecule has 0 bridgehead atoms. The van der Waals surface area contributed by atoms with E-state index < -0.39 is 29.9 Å². The fourth-order valence-electron chi connectivity index (χ4n) is 1.40. The first kappa shape index (κ1) is 13.9. The molecule has 0 radical (unpaired) electrons. The largest absolute Gasteiger partial charge is 0.481 e. The molecular formula is C10H18O5. The highest BCUT2D eigenvalue weighted by Crippen LogP contribution is 2.28. The summed E-state index contributed by atoms with van der Waals surface area (Å²) in [7, 11) is 0. The monoisotopic (exact) mass is 218 g/mol. The lowest BCUT2D eigenvalue weighted by atomic mass is 9.86. The van der Waals surface area contributed by atoms with Crippen molar-refractivity contribution < 1.29 is 24.5 Å². The van der Waals surface area contributed by atoms with Gasteiger partial charge in [0.2, 0.25) is 0 Å². The third-order valence-corrected chi connectivity index (χ3v) is 2.15. The van der Waals surface area contributed by atoms with Gasteiger partial charge < -0.3 is 14.9 Å². The van der Waals surface area contributed by atoms with Crippen molar-refractivity contribution in [1.29, 1.82) is 0 Å². The van der Waals surface area contributed by atoms with Crippen LogP contribution in [0.4, 0.5) is 0 Å². The maximum absolute atomic E-state index is 11.1. The van der Waals surface area contributed by atoms with E-state index in [0.717, 1.165) is 0 Å². The molecule has 2 N–H and O–H groups in total. The predicted molar refractivity (Wildman–Crippen MR) is 53.7 cm³/mol. The highest BCUT2D eigenvalue weighted by molar-refractivity contribution is 5.84. The molecule has 0 amide bonds.